The molecule has 14 heteroatoms. The Kier molecular flexibility index (Phi) is 6.77. The third-order valence-electron chi connectivity index (χ3n) is 4.89. The molecule has 0 saturated heterocycles. The lowest BCUT2D eigenvalue weighted by Gasteiger charge is -2.12. The summed E-state index contributed by atoms with van der Waals surface area (Å²) >= 11 is 13.7. The molecule has 0 fully saturated rings. The molecule has 0 radical (unpaired) electrons. The lowest BCUT2D eigenvalue weighted by atomic mass is 10.2. The van der Waals surface area contributed by atoms with Gasteiger partial charge in [0.05, 0.1) is 16.5 Å². The molecular formula is C22H15Cl2N7O3S2. The average molecular weight is 560 g/mol. The second kappa shape index (κ2) is 9.99. The van der Waals surface area contributed by atoms with Gasteiger partial charge in [0.15, 0.2) is 16.0 Å². The number of rotatable bonds is 7. The van der Waals surface area contributed by atoms with E-state index in [-0.39, 0.29) is 5.03 Å². The van der Waals surface area contributed by atoms with Crippen molar-refractivity contribution in [2.45, 2.75) is 15.9 Å². The molecule has 3 aromatic heterocycles. The molecule has 3 heterocycles. The number of thioether (sulfide) groups is 1. The monoisotopic (exact) mass is 559 g/mol. The van der Waals surface area contributed by atoms with Gasteiger partial charge in [0, 0.05) is 22.3 Å². The van der Waals surface area contributed by atoms with Crippen molar-refractivity contribution < 1.29 is 12.8 Å². The van der Waals surface area contributed by atoms with Gasteiger partial charge in [-0.15, -0.1) is 20.4 Å². The summed E-state index contributed by atoms with van der Waals surface area (Å²) in [7, 11) is -4.02. The molecule has 0 unspecified atom stereocenters. The molecule has 182 valence electrons. The van der Waals surface area contributed by atoms with Gasteiger partial charge in [-0.05, 0) is 48.5 Å². The standard InChI is InChI=1S/C22H15Cl2N7O3S2/c23-15-7-5-13(6-8-15)21-29-27-18(34-21)12-35-22-30-28-20(31(22)17-4-2-1-3-16(17)24)14-9-10-26-19(11-14)36(25,32)33/h1-11H,12H2,(H2,25,32,33). The van der Waals surface area contributed by atoms with E-state index in [2.05, 4.69) is 25.4 Å². The van der Waals surface area contributed by atoms with Gasteiger partial charge < -0.3 is 4.42 Å². The zero-order chi connectivity index (χ0) is 25.3. The molecule has 36 heavy (non-hydrogen) atoms. The number of nitrogens with zero attached hydrogens (tertiary/aromatic N) is 6. The minimum absolute atomic E-state index is 0.288. The van der Waals surface area contributed by atoms with Crippen LogP contribution in [0.3, 0.4) is 0 Å². The topological polar surface area (TPSA) is 143 Å². The highest BCUT2D eigenvalue weighted by atomic mass is 35.5. The number of nitrogens with two attached hydrogens (primary N) is 1. The fourth-order valence-corrected chi connectivity index (χ4v) is 4.88. The number of sulfonamides is 1. The highest BCUT2D eigenvalue weighted by molar-refractivity contribution is 7.98. The average Bonchev–Trinajstić information content (AvgIpc) is 3.50. The quantitative estimate of drug-likeness (QED) is 0.282. The first-order valence-electron chi connectivity index (χ1n) is 10.2. The molecule has 0 atom stereocenters. The maximum absolute atomic E-state index is 11.8. The van der Waals surface area contributed by atoms with Gasteiger partial charge in [-0.1, -0.05) is 47.1 Å². The third-order valence-corrected chi connectivity index (χ3v) is 7.19. The van der Waals surface area contributed by atoms with Crippen LogP contribution < -0.4 is 5.14 Å². The van der Waals surface area contributed by atoms with Gasteiger partial charge in [0.25, 0.3) is 10.0 Å². The molecule has 5 rings (SSSR count). The Labute approximate surface area is 219 Å². The van der Waals surface area contributed by atoms with Crippen LogP contribution in [0, 0.1) is 0 Å². The van der Waals surface area contributed by atoms with Gasteiger partial charge in [-0.2, -0.15) is 0 Å². The summed E-state index contributed by atoms with van der Waals surface area (Å²) in [5.41, 5.74) is 1.78. The van der Waals surface area contributed by atoms with E-state index in [1.54, 1.807) is 53.1 Å². The molecule has 0 aliphatic carbocycles. The second-order valence-electron chi connectivity index (χ2n) is 7.32. The van der Waals surface area contributed by atoms with E-state index in [4.69, 9.17) is 32.8 Å². The van der Waals surface area contributed by atoms with Crippen LogP contribution in [-0.4, -0.2) is 38.4 Å². The van der Waals surface area contributed by atoms with E-state index in [0.29, 0.717) is 49.8 Å². The SMILES string of the molecule is NS(=O)(=O)c1cc(-c2nnc(SCc3nnc(-c4ccc(Cl)cc4)o3)n2-c2ccccc2Cl)ccn1. The van der Waals surface area contributed by atoms with Crippen LogP contribution in [0.25, 0.3) is 28.5 Å². The Balaban J connectivity index is 1.50. The molecular weight excluding hydrogens is 545 g/mol. The molecule has 0 aliphatic rings. The highest BCUT2D eigenvalue weighted by Crippen LogP contribution is 2.33. The first-order valence-corrected chi connectivity index (χ1v) is 13.5. The summed E-state index contributed by atoms with van der Waals surface area (Å²) in [6.07, 6.45) is 1.34. The molecule has 2 aromatic carbocycles. The Morgan fingerprint density at radius 1 is 0.944 bits per heavy atom. The van der Waals surface area contributed by atoms with Crippen LogP contribution in [-0.2, 0) is 15.8 Å². The number of aromatic nitrogens is 6. The van der Waals surface area contributed by atoms with Crippen LogP contribution in [0.5, 0.6) is 0 Å². The maximum Gasteiger partial charge on any atom is 0.255 e. The number of hydrogen-bond acceptors (Lipinski definition) is 9. The normalized spacial score (nSPS) is 11.6. The Morgan fingerprint density at radius 2 is 1.72 bits per heavy atom. The summed E-state index contributed by atoms with van der Waals surface area (Å²) in [6, 6.07) is 17.1. The summed E-state index contributed by atoms with van der Waals surface area (Å²) in [4.78, 5) is 3.83. The molecule has 10 nitrogen and oxygen atoms in total. The predicted molar refractivity (Wildman–Crippen MR) is 135 cm³/mol. The van der Waals surface area contributed by atoms with E-state index >= 15 is 0 Å². The number of halogens is 2. The first kappa shape index (κ1) is 24.4. The highest BCUT2D eigenvalue weighted by Gasteiger charge is 2.21. The van der Waals surface area contributed by atoms with Gasteiger partial charge in [-0.3, -0.25) is 4.57 Å². The summed E-state index contributed by atoms with van der Waals surface area (Å²) in [6.45, 7) is 0. The van der Waals surface area contributed by atoms with Crippen molar-refractivity contribution in [1.82, 2.24) is 29.9 Å². The van der Waals surface area contributed by atoms with E-state index in [0.717, 1.165) is 5.56 Å². The van der Waals surface area contributed by atoms with Gasteiger partial charge >= 0.3 is 0 Å². The number of primary sulfonamides is 1. The van der Waals surface area contributed by atoms with Crippen LogP contribution in [0.2, 0.25) is 10.0 Å². The number of para-hydroxylation sites is 1. The Bertz CT molecular complexity index is 1650. The van der Waals surface area contributed by atoms with Crippen LogP contribution in [0.4, 0.5) is 0 Å². The van der Waals surface area contributed by atoms with Gasteiger partial charge in [0.1, 0.15) is 0 Å². The van der Waals surface area contributed by atoms with Crippen molar-refractivity contribution in [2.24, 2.45) is 5.14 Å². The lowest BCUT2D eigenvalue weighted by Crippen LogP contribution is -2.14. The minimum Gasteiger partial charge on any atom is -0.420 e. The zero-order valence-corrected chi connectivity index (χ0v) is 21.3. The maximum atomic E-state index is 11.8. The zero-order valence-electron chi connectivity index (χ0n) is 18.1. The van der Waals surface area contributed by atoms with Crippen molar-refractivity contribution in [3.63, 3.8) is 0 Å². The van der Waals surface area contributed by atoms with Gasteiger partial charge in [-0.25, -0.2) is 18.5 Å². The van der Waals surface area contributed by atoms with Crippen LogP contribution >= 0.6 is 35.0 Å². The number of hydrogen-bond donors (Lipinski definition) is 1. The van der Waals surface area contributed by atoms with Crippen LogP contribution in [0.15, 0.2) is 81.5 Å². The van der Waals surface area contributed by atoms with E-state index in [1.807, 2.05) is 6.07 Å². The molecule has 0 saturated carbocycles. The van der Waals surface area contributed by atoms with Gasteiger partial charge in [0.2, 0.25) is 11.8 Å². The first-order chi connectivity index (χ1) is 17.3. The summed E-state index contributed by atoms with van der Waals surface area (Å²) in [5, 5.41) is 23.3. The van der Waals surface area contributed by atoms with Crippen molar-refractivity contribution in [2.75, 3.05) is 0 Å². The van der Waals surface area contributed by atoms with E-state index < -0.39 is 10.0 Å². The largest absolute Gasteiger partial charge is 0.420 e. The van der Waals surface area contributed by atoms with E-state index in [1.165, 1.54) is 24.0 Å². The van der Waals surface area contributed by atoms with E-state index in [9.17, 15) is 8.42 Å². The summed E-state index contributed by atoms with van der Waals surface area (Å²) in [5.74, 6) is 1.39. The third kappa shape index (κ3) is 5.13. The fourth-order valence-electron chi connectivity index (χ4n) is 3.25. The molecule has 0 spiro atoms. The minimum atomic E-state index is -4.02. The predicted octanol–water partition coefficient (Wildman–Crippen LogP) is 4.63. The lowest BCUT2D eigenvalue weighted by molar-refractivity contribution is 0.528. The molecule has 5 aromatic rings. The van der Waals surface area contributed by atoms with Crippen LogP contribution in [0.1, 0.15) is 5.89 Å². The van der Waals surface area contributed by atoms with Crippen molar-refractivity contribution >= 4 is 45.0 Å². The van der Waals surface area contributed by atoms with Crippen molar-refractivity contribution in [3.05, 3.63) is 82.8 Å². The molecule has 2 N–H and O–H groups in total. The smallest absolute Gasteiger partial charge is 0.255 e. The Morgan fingerprint density at radius 3 is 2.47 bits per heavy atom. The molecule has 0 amide bonds. The second-order valence-corrected chi connectivity index (χ2v) is 10.6. The molecule has 0 aliphatic heterocycles. The summed E-state index contributed by atoms with van der Waals surface area (Å²) < 4.78 is 31.2. The molecule has 0 bridgehead atoms. The van der Waals surface area contributed by atoms with Crippen molar-refractivity contribution in [1.29, 1.82) is 0 Å². The number of pyridine rings is 1. The Hall–Kier alpha value is -3.29. The van der Waals surface area contributed by atoms with Crippen molar-refractivity contribution in [3.8, 4) is 28.5 Å². The fraction of sp³-hybridized carbons (Fsp3) is 0.0455. The number of benzene rings is 2.